The third kappa shape index (κ3) is 2.24. The number of amides is 2. The van der Waals surface area contributed by atoms with Gasteiger partial charge in [0, 0.05) is 32.8 Å². The van der Waals surface area contributed by atoms with Gasteiger partial charge in [-0.05, 0) is 29.3 Å². The molecule has 0 spiro atoms. The molecule has 2 amide bonds. The number of benzene rings is 2. The zero-order valence-electron chi connectivity index (χ0n) is 24.9. The van der Waals surface area contributed by atoms with Gasteiger partial charge < -0.3 is 24.3 Å². The zero-order chi connectivity index (χ0) is 28.6. The highest BCUT2D eigenvalue weighted by Gasteiger charge is 2.47. The molecule has 3 aliphatic rings. The van der Waals surface area contributed by atoms with Crippen molar-refractivity contribution in [3.05, 3.63) is 59.2 Å². The lowest BCUT2D eigenvalue weighted by Crippen LogP contribution is -2.62. The van der Waals surface area contributed by atoms with Gasteiger partial charge in [-0.3, -0.25) is 9.59 Å². The Labute approximate surface area is 180 Å². The molecular weight excluding hydrogens is 370 g/mol. The maximum absolute atomic E-state index is 13.8. The van der Waals surface area contributed by atoms with Gasteiger partial charge in [0.25, 0.3) is 0 Å². The second-order valence-electron chi connectivity index (χ2n) is 6.70. The normalized spacial score (nSPS) is 35.6. The monoisotopic (exact) mass is 399 g/mol. The van der Waals surface area contributed by atoms with E-state index in [0.29, 0.717) is 15.3 Å². The highest BCUT2D eigenvalue weighted by atomic mass is 16.7. The summed E-state index contributed by atoms with van der Waals surface area (Å²) in [4.78, 5) is 31.0. The summed E-state index contributed by atoms with van der Waals surface area (Å²) in [5, 5.41) is 0.256. The Morgan fingerprint density at radius 1 is 1.24 bits per heavy atom. The van der Waals surface area contributed by atoms with Crippen LogP contribution in [0.3, 0.4) is 0 Å². The predicted molar refractivity (Wildman–Crippen MR) is 105 cm³/mol. The van der Waals surface area contributed by atoms with Crippen molar-refractivity contribution in [2.45, 2.75) is 18.4 Å². The largest absolute Gasteiger partial charge is 0.454 e. The smallest absolute Gasteiger partial charge is 0.245 e. The summed E-state index contributed by atoms with van der Waals surface area (Å²) < 4.78 is 95.9. The molecule has 6 rings (SSSR count). The number of fused-ring (bicyclic) bond motifs is 5. The molecule has 3 aliphatic heterocycles. The number of nitrogens with zero attached hydrogens (tertiary/aromatic N) is 2. The Bertz CT molecular complexity index is 1640. The van der Waals surface area contributed by atoms with Crippen LogP contribution in [0.25, 0.3) is 10.9 Å². The van der Waals surface area contributed by atoms with E-state index in [1.54, 1.807) is 18.2 Å². The van der Waals surface area contributed by atoms with Gasteiger partial charge in [-0.2, -0.15) is 0 Å². The summed E-state index contributed by atoms with van der Waals surface area (Å²) in [5.41, 5.74) is -0.970. The van der Waals surface area contributed by atoms with Crippen LogP contribution in [0, 0.1) is 0 Å². The van der Waals surface area contributed by atoms with Crippen molar-refractivity contribution in [3.63, 3.8) is 0 Å². The van der Waals surface area contributed by atoms with Gasteiger partial charge in [-0.1, -0.05) is 24.2 Å². The average Bonchev–Trinajstić information content (AvgIpc) is 3.41. The molecular formula is C22H19N3O4. The molecule has 1 N–H and O–H groups in total. The standard InChI is InChI=1S/C22H19N3O4/c1-24-10-19(26)25-16(22(24)27)9-14-13-4-2-3-5-15(13)23-20(14)21(25)12-6-7-17-18(8-12)29-11-28-17/h2-8,16,21,23H,9-11H2,1H3/t16-,21-/m1/s1/i6D,7D,8D,9D2,10D2,11D2,21D. The molecule has 1 aromatic heterocycles. The number of aromatic amines is 1. The summed E-state index contributed by atoms with van der Waals surface area (Å²) >= 11 is 0. The SMILES string of the molecule is [2H]c1c([2H])c([C@]2([2H])c3[nH]c4ccccc4c3C([2H])([2H])[C@@H]3C(=O)N(C)C([2H])([2H])C(=O)N32)c([2H])c2c1OC([2H])([2H])O2. The molecule has 7 heteroatoms. The number of ether oxygens (including phenoxy) is 2. The number of carbonyl (C=O) groups excluding carboxylic acids is 2. The van der Waals surface area contributed by atoms with Gasteiger partial charge in [-0.25, -0.2) is 0 Å². The van der Waals surface area contributed by atoms with Crippen LogP contribution in [-0.4, -0.2) is 52.9 Å². The number of hydrogen-bond acceptors (Lipinski definition) is 4. The summed E-state index contributed by atoms with van der Waals surface area (Å²) in [6.45, 7) is -5.83. The Hall–Kier alpha value is -3.48. The van der Waals surface area contributed by atoms with Gasteiger partial charge in [0.1, 0.15) is 8.78 Å². The number of nitrogens with one attached hydrogen (secondary N) is 1. The van der Waals surface area contributed by atoms with Crippen LogP contribution in [-0.2, 0) is 16.0 Å². The van der Waals surface area contributed by atoms with Crippen LogP contribution < -0.4 is 9.47 Å². The highest BCUT2D eigenvalue weighted by molar-refractivity contribution is 5.97. The van der Waals surface area contributed by atoms with E-state index in [9.17, 15) is 11.0 Å². The molecule has 1 fully saturated rings. The van der Waals surface area contributed by atoms with Gasteiger partial charge in [0.15, 0.2) is 11.5 Å². The van der Waals surface area contributed by atoms with E-state index in [1.165, 1.54) is 6.07 Å². The second-order valence-corrected chi connectivity index (χ2v) is 6.70. The van der Waals surface area contributed by atoms with E-state index >= 15 is 0 Å². The van der Waals surface area contributed by atoms with Crippen LogP contribution in [0.4, 0.5) is 0 Å². The average molecular weight is 399 g/mol. The first kappa shape index (κ1) is 9.35. The molecule has 0 saturated carbocycles. The highest BCUT2D eigenvalue weighted by Crippen LogP contribution is 2.44. The zero-order valence-corrected chi connectivity index (χ0v) is 14.9. The number of rotatable bonds is 1. The van der Waals surface area contributed by atoms with Gasteiger partial charge in [0.05, 0.1) is 20.7 Å². The van der Waals surface area contributed by atoms with Crippen molar-refractivity contribution in [2.24, 2.45) is 0 Å². The number of para-hydroxylation sites is 1. The predicted octanol–water partition coefficient (Wildman–Crippen LogP) is 2.21. The maximum atomic E-state index is 13.8. The third-order valence-corrected chi connectivity index (χ3v) is 5.04. The Kier molecular flexibility index (Phi) is 1.86. The van der Waals surface area contributed by atoms with Crippen molar-refractivity contribution >= 4 is 22.7 Å². The van der Waals surface area contributed by atoms with Crippen LogP contribution in [0.5, 0.6) is 11.5 Å². The van der Waals surface area contributed by atoms with Crippen molar-refractivity contribution < 1.29 is 32.8 Å². The lowest BCUT2D eigenvalue weighted by Gasteiger charge is -2.46. The second kappa shape index (κ2) is 5.76. The van der Waals surface area contributed by atoms with E-state index < -0.39 is 78.7 Å². The van der Waals surface area contributed by atoms with Crippen molar-refractivity contribution in [1.82, 2.24) is 14.8 Å². The number of hydrogen-bond donors (Lipinski definition) is 1. The molecule has 0 radical (unpaired) electrons. The van der Waals surface area contributed by atoms with Gasteiger partial charge in [0.2, 0.25) is 18.6 Å². The fourth-order valence-corrected chi connectivity index (χ4v) is 3.74. The molecule has 0 bridgehead atoms. The molecule has 3 aromatic rings. The summed E-state index contributed by atoms with van der Waals surface area (Å²) in [6.07, 6.45) is -2.67. The van der Waals surface area contributed by atoms with E-state index in [0.717, 1.165) is 7.05 Å². The Balaban J connectivity index is 1.78. The molecule has 7 nitrogen and oxygen atoms in total. The minimum atomic E-state index is -3.03. The molecule has 4 heterocycles. The number of piperazine rings is 1. The van der Waals surface area contributed by atoms with E-state index in [2.05, 4.69) is 4.98 Å². The summed E-state index contributed by atoms with van der Waals surface area (Å²) in [6, 6.07) is -1.04. The fourth-order valence-electron chi connectivity index (χ4n) is 3.74. The van der Waals surface area contributed by atoms with E-state index in [-0.39, 0.29) is 16.6 Å². The van der Waals surface area contributed by atoms with Crippen LogP contribution >= 0.6 is 0 Å². The molecule has 2 atom stereocenters. The summed E-state index contributed by atoms with van der Waals surface area (Å²) in [5.74, 6) is -3.83. The van der Waals surface area contributed by atoms with E-state index in [4.69, 9.17) is 21.8 Å². The minimum Gasteiger partial charge on any atom is -0.454 e. The molecule has 146 valence electrons. The first-order valence-corrected chi connectivity index (χ1v) is 8.73. The molecule has 0 aliphatic carbocycles. The molecule has 1 saturated heterocycles. The van der Waals surface area contributed by atoms with Crippen LogP contribution in [0.2, 0.25) is 0 Å². The molecule has 29 heavy (non-hydrogen) atoms. The quantitative estimate of drug-likeness (QED) is 0.681. The minimum absolute atomic E-state index is 0.204. The Morgan fingerprint density at radius 3 is 2.97 bits per heavy atom. The number of carbonyl (C=O) groups is 2. The maximum Gasteiger partial charge on any atom is 0.245 e. The third-order valence-electron chi connectivity index (χ3n) is 5.04. The topological polar surface area (TPSA) is 74.9 Å². The lowest BCUT2D eigenvalue weighted by molar-refractivity contribution is -0.157. The summed E-state index contributed by atoms with van der Waals surface area (Å²) in [7, 11) is 1.00. The number of aromatic nitrogens is 1. The number of H-pyrrole nitrogens is 1. The Morgan fingerprint density at radius 2 is 2.07 bits per heavy atom. The lowest BCUT2D eigenvalue weighted by atomic mass is 9.86. The number of likely N-dealkylation sites (N-methyl/N-ethyl adjacent to an activating group) is 1. The van der Waals surface area contributed by atoms with E-state index in [1.807, 2.05) is 0 Å². The first-order chi connectivity index (χ1) is 18.0. The van der Waals surface area contributed by atoms with Crippen LogP contribution in [0.1, 0.15) is 36.5 Å². The van der Waals surface area contributed by atoms with Crippen molar-refractivity contribution in [1.29, 1.82) is 0 Å². The van der Waals surface area contributed by atoms with Crippen LogP contribution in [0.15, 0.2) is 42.4 Å². The molecule has 2 aromatic carbocycles. The fraction of sp³-hybridized carbons (Fsp3) is 0.273. The van der Waals surface area contributed by atoms with Crippen molar-refractivity contribution in [2.75, 3.05) is 20.3 Å². The molecule has 0 unspecified atom stereocenters. The first-order valence-electron chi connectivity index (χ1n) is 13.7. The van der Waals surface area contributed by atoms with Gasteiger partial charge >= 0.3 is 0 Å². The van der Waals surface area contributed by atoms with Gasteiger partial charge in [-0.15, -0.1) is 0 Å². The van der Waals surface area contributed by atoms with Crippen molar-refractivity contribution in [3.8, 4) is 11.5 Å².